The van der Waals surface area contributed by atoms with E-state index in [1.54, 1.807) is 36.4 Å². The van der Waals surface area contributed by atoms with Crippen LogP contribution in [0.25, 0.3) is 5.76 Å². The Hall–Kier alpha value is -2.57. The summed E-state index contributed by atoms with van der Waals surface area (Å²) in [5, 5.41) is 11.2. The zero-order valence-electron chi connectivity index (χ0n) is 15.2. The fourth-order valence-corrected chi connectivity index (χ4v) is 3.39. The molecule has 1 atom stereocenters. The molecule has 0 aliphatic carbocycles. The number of furan rings is 1. The Balaban J connectivity index is 2.04. The van der Waals surface area contributed by atoms with Crippen molar-refractivity contribution >= 4 is 29.1 Å². The summed E-state index contributed by atoms with van der Waals surface area (Å²) in [6, 6.07) is 9.15. The van der Waals surface area contributed by atoms with E-state index in [1.807, 2.05) is 19.0 Å². The standard InChI is InChI=1S/C20H21ClN2O4/c1-22(2)9-5-10-23-17(15-8-4-11-27-15)16(19(25)20(23)26)18(24)13-6-3-7-14(21)12-13/h3-4,6-8,11-12,17,24H,5,9-10H2,1-2H3/b18-16-. The maximum atomic E-state index is 12.7. The lowest BCUT2D eigenvalue weighted by atomic mass is 9.99. The zero-order chi connectivity index (χ0) is 19.6. The van der Waals surface area contributed by atoms with Gasteiger partial charge in [-0.05, 0) is 51.3 Å². The number of amides is 1. The molecule has 6 nitrogen and oxygen atoms in total. The van der Waals surface area contributed by atoms with Crippen LogP contribution in [0.15, 0.2) is 52.7 Å². The van der Waals surface area contributed by atoms with Crippen LogP contribution in [0.4, 0.5) is 0 Å². The number of rotatable bonds is 6. The smallest absolute Gasteiger partial charge is 0.295 e. The lowest BCUT2D eigenvalue weighted by molar-refractivity contribution is -0.140. The van der Waals surface area contributed by atoms with Gasteiger partial charge in [-0.15, -0.1) is 0 Å². The van der Waals surface area contributed by atoms with Crippen LogP contribution in [0.5, 0.6) is 0 Å². The Bertz CT molecular complexity index is 874. The van der Waals surface area contributed by atoms with E-state index in [1.165, 1.54) is 11.2 Å². The van der Waals surface area contributed by atoms with Crippen LogP contribution in [0, 0.1) is 0 Å². The highest BCUT2D eigenvalue weighted by Gasteiger charge is 2.47. The third-order valence-electron chi connectivity index (χ3n) is 4.46. The van der Waals surface area contributed by atoms with Crippen molar-refractivity contribution in [1.29, 1.82) is 0 Å². The summed E-state index contributed by atoms with van der Waals surface area (Å²) in [7, 11) is 3.88. The van der Waals surface area contributed by atoms with Crippen LogP contribution in [0.3, 0.4) is 0 Å². The number of aliphatic hydroxyl groups excluding tert-OH is 1. The molecule has 1 amide bonds. The molecule has 1 aliphatic rings. The number of ketones is 1. The number of carbonyl (C=O) groups excluding carboxylic acids is 2. The van der Waals surface area contributed by atoms with Gasteiger partial charge in [-0.1, -0.05) is 23.7 Å². The Morgan fingerprint density at radius 3 is 2.67 bits per heavy atom. The van der Waals surface area contributed by atoms with Crippen LogP contribution in [0.2, 0.25) is 5.02 Å². The number of nitrogens with zero attached hydrogens (tertiary/aromatic N) is 2. The highest BCUT2D eigenvalue weighted by Crippen LogP contribution is 2.39. The summed E-state index contributed by atoms with van der Waals surface area (Å²) in [5.41, 5.74) is 0.396. The van der Waals surface area contributed by atoms with E-state index in [-0.39, 0.29) is 11.3 Å². The van der Waals surface area contributed by atoms with Crippen LogP contribution in [-0.4, -0.2) is 53.8 Å². The second-order valence-electron chi connectivity index (χ2n) is 6.68. The average molecular weight is 389 g/mol. The van der Waals surface area contributed by atoms with Crippen LogP contribution < -0.4 is 0 Å². The molecule has 1 aliphatic heterocycles. The highest BCUT2D eigenvalue weighted by atomic mass is 35.5. The molecule has 1 unspecified atom stereocenters. The molecule has 3 rings (SSSR count). The number of aliphatic hydroxyl groups is 1. The Kier molecular flexibility index (Phi) is 5.68. The lowest BCUT2D eigenvalue weighted by Gasteiger charge is -2.24. The molecule has 1 fully saturated rings. The van der Waals surface area contributed by atoms with Gasteiger partial charge in [-0.2, -0.15) is 0 Å². The molecular weight excluding hydrogens is 368 g/mol. The molecule has 7 heteroatoms. The number of likely N-dealkylation sites (tertiary alicyclic amines) is 1. The molecule has 1 N–H and O–H groups in total. The third-order valence-corrected chi connectivity index (χ3v) is 4.69. The second-order valence-corrected chi connectivity index (χ2v) is 7.11. The summed E-state index contributed by atoms with van der Waals surface area (Å²) < 4.78 is 5.48. The largest absolute Gasteiger partial charge is 0.507 e. The fraction of sp³-hybridized carbons (Fsp3) is 0.300. The third kappa shape index (κ3) is 3.91. The van der Waals surface area contributed by atoms with Gasteiger partial charge in [0, 0.05) is 17.1 Å². The number of halogens is 1. The van der Waals surface area contributed by atoms with E-state index in [0.717, 1.165) is 6.54 Å². The van der Waals surface area contributed by atoms with Gasteiger partial charge in [0.15, 0.2) is 0 Å². The van der Waals surface area contributed by atoms with Crippen molar-refractivity contribution in [3.8, 4) is 0 Å². The molecule has 142 valence electrons. The minimum atomic E-state index is -0.763. The number of carbonyl (C=O) groups is 2. The van der Waals surface area contributed by atoms with E-state index in [2.05, 4.69) is 0 Å². The van der Waals surface area contributed by atoms with Crippen molar-refractivity contribution in [3.63, 3.8) is 0 Å². The first kappa shape index (κ1) is 19.2. The molecule has 27 heavy (non-hydrogen) atoms. The molecule has 0 bridgehead atoms. The first-order chi connectivity index (χ1) is 12.9. The molecule has 0 spiro atoms. The van der Waals surface area contributed by atoms with Gasteiger partial charge in [0.25, 0.3) is 11.7 Å². The summed E-state index contributed by atoms with van der Waals surface area (Å²) in [5.74, 6) is -1.19. The molecule has 1 saturated heterocycles. The Morgan fingerprint density at radius 1 is 1.26 bits per heavy atom. The van der Waals surface area contributed by atoms with E-state index in [9.17, 15) is 14.7 Å². The summed E-state index contributed by atoms with van der Waals surface area (Å²) in [6.45, 7) is 1.14. The maximum Gasteiger partial charge on any atom is 0.295 e. The highest BCUT2D eigenvalue weighted by molar-refractivity contribution is 6.46. The molecule has 0 radical (unpaired) electrons. The van der Waals surface area contributed by atoms with Gasteiger partial charge in [-0.3, -0.25) is 9.59 Å². The lowest BCUT2D eigenvalue weighted by Crippen LogP contribution is -2.32. The van der Waals surface area contributed by atoms with Gasteiger partial charge < -0.3 is 19.3 Å². The predicted molar refractivity (Wildman–Crippen MR) is 102 cm³/mol. The molecular formula is C20H21ClN2O4. The zero-order valence-corrected chi connectivity index (χ0v) is 15.9. The number of hydrogen-bond acceptors (Lipinski definition) is 5. The fourth-order valence-electron chi connectivity index (χ4n) is 3.20. The predicted octanol–water partition coefficient (Wildman–Crippen LogP) is 3.31. The van der Waals surface area contributed by atoms with Crippen LogP contribution >= 0.6 is 11.6 Å². The summed E-state index contributed by atoms with van der Waals surface area (Å²) in [6.07, 6.45) is 2.17. The topological polar surface area (TPSA) is 74.0 Å². The summed E-state index contributed by atoms with van der Waals surface area (Å²) >= 11 is 6.00. The average Bonchev–Trinajstić information content (AvgIpc) is 3.23. The number of hydrogen-bond donors (Lipinski definition) is 1. The van der Waals surface area contributed by atoms with Gasteiger partial charge in [0.1, 0.15) is 17.6 Å². The van der Waals surface area contributed by atoms with Gasteiger partial charge in [-0.25, -0.2) is 0 Å². The first-order valence-electron chi connectivity index (χ1n) is 8.62. The van der Waals surface area contributed by atoms with E-state index in [0.29, 0.717) is 29.3 Å². The molecule has 1 aromatic heterocycles. The van der Waals surface area contributed by atoms with Crippen molar-refractivity contribution in [1.82, 2.24) is 9.80 Å². The van der Waals surface area contributed by atoms with Crippen molar-refractivity contribution in [3.05, 3.63) is 64.6 Å². The monoisotopic (exact) mass is 388 g/mol. The van der Waals surface area contributed by atoms with E-state index >= 15 is 0 Å². The van der Waals surface area contributed by atoms with Crippen molar-refractivity contribution < 1.29 is 19.1 Å². The quantitative estimate of drug-likeness (QED) is 0.467. The Morgan fingerprint density at radius 2 is 2.04 bits per heavy atom. The Labute approximate surface area is 162 Å². The number of Topliss-reactive ketones (excluding diaryl/α,β-unsaturated/α-hetero) is 1. The normalized spacial score (nSPS) is 19.3. The van der Waals surface area contributed by atoms with Crippen LogP contribution in [0.1, 0.15) is 23.8 Å². The first-order valence-corrected chi connectivity index (χ1v) is 9.00. The minimum absolute atomic E-state index is 0.0158. The molecule has 0 saturated carbocycles. The minimum Gasteiger partial charge on any atom is -0.507 e. The maximum absolute atomic E-state index is 12.7. The number of benzene rings is 1. The van der Waals surface area contributed by atoms with Crippen molar-refractivity contribution in [2.75, 3.05) is 27.2 Å². The summed E-state index contributed by atoms with van der Waals surface area (Å²) in [4.78, 5) is 28.8. The van der Waals surface area contributed by atoms with Gasteiger partial charge >= 0.3 is 0 Å². The van der Waals surface area contributed by atoms with Gasteiger partial charge in [0.2, 0.25) is 0 Å². The molecule has 2 aromatic rings. The van der Waals surface area contributed by atoms with E-state index < -0.39 is 17.7 Å². The van der Waals surface area contributed by atoms with Gasteiger partial charge in [0.05, 0.1) is 11.8 Å². The molecule has 2 heterocycles. The van der Waals surface area contributed by atoms with E-state index in [4.69, 9.17) is 16.0 Å². The SMILES string of the molecule is CN(C)CCCN1C(=O)C(=O)/C(=C(\O)c2cccc(Cl)c2)C1c1ccco1. The molecule has 1 aromatic carbocycles. The van der Waals surface area contributed by atoms with Crippen molar-refractivity contribution in [2.45, 2.75) is 12.5 Å². The van der Waals surface area contributed by atoms with Crippen LogP contribution in [-0.2, 0) is 9.59 Å². The second kappa shape index (κ2) is 7.98. The van der Waals surface area contributed by atoms with Crippen molar-refractivity contribution in [2.24, 2.45) is 0 Å².